The number of hydrogen-bond donors (Lipinski definition) is 0. The van der Waals surface area contributed by atoms with E-state index < -0.39 is 0 Å². The van der Waals surface area contributed by atoms with Crippen LogP contribution in [-0.2, 0) is 0 Å². The lowest BCUT2D eigenvalue weighted by atomic mass is 10.1. The SMILES string of the molecule is N#Cc1ncoc1-c1ccc(F)cc1. The molecular weight excluding hydrogens is 183 g/mol. The minimum atomic E-state index is -0.327. The number of benzene rings is 1. The van der Waals surface area contributed by atoms with Crippen LogP contribution in [0.15, 0.2) is 35.1 Å². The molecule has 0 N–H and O–H groups in total. The summed E-state index contributed by atoms with van der Waals surface area (Å²) in [6.07, 6.45) is 1.19. The van der Waals surface area contributed by atoms with Crippen LogP contribution in [-0.4, -0.2) is 4.98 Å². The summed E-state index contributed by atoms with van der Waals surface area (Å²) in [5.41, 5.74) is 0.844. The minimum absolute atomic E-state index is 0.205. The van der Waals surface area contributed by atoms with Gasteiger partial charge in [0.1, 0.15) is 11.9 Å². The van der Waals surface area contributed by atoms with Crippen LogP contribution in [0.5, 0.6) is 0 Å². The van der Waals surface area contributed by atoms with Gasteiger partial charge in [0, 0.05) is 5.56 Å². The Hall–Kier alpha value is -2.15. The van der Waals surface area contributed by atoms with Gasteiger partial charge in [0.25, 0.3) is 0 Å². The molecule has 0 bridgehead atoms. The van der Waals surface area contributed by atoms with E-state index in [1.807, 2.05) is 6.07 Å². The van der Waals surface area contributed by atoms with E-state index in [2.05, 4.69) is 4.98 Å². The second kappa shape index (κ2) is 3.30. The highest BCUT2D eigenvalue weighted by Gasteiger charge is 2.09. The fourth-order valence-corrected chi connectivity index (χ4v) is 1.13. The van der Waals surface area contributed by atoms with Gasteiger partial charge in [0.15, 0.2) is 17.8 Å². The largest absolute Gasteiger partial charge is 0.442 e. The second-order valence-corrected chi connectivity index (χ2v) is 2.65. The Morgan fingerprint density at radius 3 is 2.64 bits per heavy atom. The molecule has 0 atom stereocenters. The molecule has 2 rings (SSSR count). The lowest BCUT2D eigenvalue weighted by Gasteiger charge is -1.95. The van der Waals surface area contributed by atoms with E-state index >= 15 is 0 Å². The topological polar surface area (TPSA) is 49.8 Å². The number of halogens is 1. The second-order valence-electron chi connectivity index (χ2n) is 2.65. The van der Waals surface area contributed by atoms with Crippen molar-refractivity contribution in [3.8, 4) is 17.4 Å². The molecular formula is C10H5FN2O. The van der Waals surface area contributed by atoms with Gasteiger partial charge in [-0.05, 0) is 24.3 Å². The third-order valence-electron chi connectivity index (χ3n) is 1.78. The summed E-state index contributed by atoms with van der Waals surface area (Å²) in [6, 6.07) is 7.58. The lowest BCUT2D eigenvalue weighted by molar-refractivity contribution is 0.571. The fourth-order valence-electron chi connectivity index (χ4n) is 1.13. The summed E-state index contributed by atoms with van der Waals surface area (Å²) in [4.78, 5) is 3.71. The molecule has 4 heteroatoms. The van der Waals surface area contributed by atoms with Crippen molar-refractivity contribution in [1.82, 2.24) is 4.98 Å². The molecule has 3 nitrogen and oxygen atoms in total. The first-order chi connectivity index (χ1) is 6.81. The Bertz CT molecular complexity index is 482. The smallest absolute Gasteiger partial charge is 0.187 e. The van der Waals surface area contributed by atoms with Crippen LogP contribution in [0.3, 0.4) is 0 Å². The Morgan fingerprint density at radius 2 is 2.00 bits per heavy atom. The van der Waals surface area contributed by atoms with Gasteiger partial charge in [-0.2, -0.15) is 5.26 Å². The van der Waals surface area contributed by atoms with Gasteiger partial charge in [-0.15, -0.1) is 0 Å². The van der Waals surface area contributed by atoms with Gasteiger partial charge in [0.2, 0.25) is 0 Å². The van der Waals surface area contributed by atoms with Crippen molar-refractivity contribution >= 4 is 0 Å². The van der Waals surface area contributed by atoms with Crippen LogP contribution in [0.25, 0.3) is 11.3 Å². The van der Waals surface area contributed by atoms with E-state index in [-0.39, 0.29) is 11.5 Å². The maximum Gasteiger partial charge on any atom is 0.187 e. The molecule has 0 saturated carbocycles. The van der Waals surface area contributed by atoms with Crippen molar-refractivity contribution in [3.63, 3.8) is 0 Å². The summed E-state index contributed by atoms with van der Waals surface area (Å²) in [6.45, 7) is 0. The molecule has 2 aromatic rings. The molecule has 0 aliphatic heterocycles. The summed E-state index contributed by atoms with van der Waals surface area (Å²) in [7, 11) is 0. The van der Waals surface area contributed by atoms with Crippen molar-refractivity contribution in [2.45, 2.75) is 0 Å². The summed E-state index contributed by atoms with van der Waals surface area (Å²) >= 11 is 0. The Kier molecular flexibility index (Phi) is 1.99. The molecule has 1 aromatic carbocycles. The molecule has 14 heavy (non-hydrogen) atoms. The summed E-state index contributed by atoms with van der Waals surface area (Å²) in [5.74, 6) is 0.0410. The van der Waals surface area contributed by atoms with Gasteiger partial charge in [-0.3, -0.25) is 0 Å². The third-order valence-corrected chi connectivity index (χ3v) is 1.78. The first kappa shape index (κ1) is 8.45. The molecule has 0 radical (unpaired) electrons. The molecule has 0 aliphatic carbocycles. The van der Waals surface area contributed by atoms with Crippen molar-refractivity contribution < 1.29 is 8.81 Å². The highest BCUT2D eigenvalue weighted by molar-refractivity contribution is 5.62. The number of aromatic nitrogens is 1. The first-order valence-electron chi connectivity index (χ1n) is 3.91. The number of rotatable bonds is 1. The van der Waals surface area contributed by atoms with E-state index in [4.69, 9.17) is 9.68 Å². The molecule has 0 fully saturated rings. The quantitative estimate of drug-likeness (QED) is 0.690. The van der Waals surface area contributed by atoms with E-state index in [0.29, 0.717) is 11.3 Å². The van der Waals surface area contributed by atoms with Crippen LogP contribution < -0.4 is 0 Å². The summed E-state index contributed by atoms with van der Waals surface area (Å²) < 4.78 is 17.6. The average Bonchev–Trinajstić information content (AvgIpc) is 2.67. The van der Waals surface area contributed by atoms with Gasteiger partial charge in [0.05, 0.1) is 0 Å². The highest BCUT2D eigenvalue weighted by atomic mass is 19.1. The van der Waals surface area contributed by atoms with E-state index in [9.17, 15) is 4.39 Å². The molecule has 0 aliphatic rings. The predicted octanol–water partition coefficient (Wildman–Crippen LogP) is 2.35. The number of oxazole rings is 1. The first-order valence-corrected chi connectivity index (χ1v) is 3.91. The maximum absolute atomic E-state index is 12.6. The normalized spacial score (nSPS) is 9.71. The molecule has 0 saturated heterocycles. The molecule has 68 valence electrons. The van der Waals surface area contributed by atoms with Crippen LogP contribution in [0.4, 0.5) is 4.39 Å². The molecule has 1 aromatic heterocycles. The van der Waals surface area contributed by atoms with Crippen molar-refractivity contribution in [2.24, 2.45) is 0 Å². The van der Waals surface area contributed by atoms with E-state index in [1.165, 1.54) is 30.7 Å². The molecule has 0 unspecified atom stereocenters. The van der Waals surface area contributed by atoms with E-state index in [0.717, 1.165) is 0 Å². The molecule has 0 amide bonds. The molecule has 1 heterocycles. The van der Waals surface area contributed by atoms with Gasteiger partial charge >= 0.3 is 0 Å². The zero-order valence-corrected chi connectivity index (χ0v) is 7.07. The fraction of sp³-hybridized carbons (Fsp3) is 0. The van der Waals surface area contributed by atoms with E-state index in [1.54, 1.807) is 0 Å². The zero-order valence-electron chi connectivity index (χ0n) is 7.07. The number of hydrogen-bond acceptors (Lipinski definition) is 3. The van der Waals surface area contributed by atoms with Crippen LogP contribution in [0.1, 0.15) is 5.69 Å². The average molecular weight is 188 g/mol. The van der Waals surface area contributed by atoms with Gasteiger partial charge < -0.3 is 4.42 Å². The lowest BCUT2D eigenvalue weighted by Crippen LogP contribution is -1.80. The highest BCUT2D eigenvalue weighted by Crippen LogP contribution is 2.22. The Balaban J connectivity index is 2.50. The van der Waals surface area contributed by atoms with Crippen molar-refractivity contribution in [2.75, 3.05) is 0 Å². The van der Waals surface area contributed by atoms with Gasteiger partial charge in [-0.25, -0.2) is 9.37 Å². The maximum atomic E-state index is 12.6. The van der Waals surface area contributed by atoms with Crippen LogP contribution in [0, 0.1) is 17.1 Å². The third kappa shape index (κ3) is 1.36. The monoisotopic (exact) mass is 188 g/mol. The Labute approximate surface area is 79.4 Å². The van der Waals surface area contributed by atoms with Gasteiger partial charge in [-0.1, -0.05) is 0 Å². The van der Waals surface area contributed by atoms with Crippen molar-refractivity contribution in [3.05, 3.63) is 42.2 Å². The Morgan fingerprint density at radius 1 is 1.29 bits per heavy atom. The number of nitriles is 1. The zero-order chi connectivity index (χ0) is 9.97. The summed E-state index contributed by atoms with van der Waals surface area (Å²) in [5, 5.41) is 8.68. The molecule has 0 spiro atoms. The van der Waals surface area contributed by atoms with Crippen LogP contribution in [0.2, 0.25) is 0 Å². The predicted molar refractivity (Wildman–Crippen MR) is 46.6 cm³/mol. The van der Waals surface area contributed by atoms with Crippen molar-refractivity contribution in [1.29, 1.82) is 5.26 Å². The standard InChI is InChI=1S/C10H5FN2O/c11-8-3-1-7(2-4-8)10-9(5-12)13-6-14-10/h1-4,6H. The number of nitrogens with zero attached hydrogens (tertiary/aromatic N) is 2. The van der Waals surface area contributed by atoms with Crippen LogP contribution >= 0.6 is 0 Å². The minimum Gasteiger partial charge on any atom is -0.442 e.